The highest BCUT2D eigenvalue weighted by Crippen LogP contribution is 2.63. The lowest BCUT2D eigenvalue weighted by atomic mass is 9.52. The summed E-state index contributed by atoms with van der Waals surface area (Å²) in [6.45, 7) is 8.35. The second kappa shape index (κ2) is 18.8. The van der Waals surface area contributed by atoms with E-state index in [1.807, 2.05) is 55.0 Å². The Morgan fingerprint density at radius 1 is 1.19 bits per heavy atom. The van der Waals surface area contributed by atoms with Crippen molar-refractivity contribution < 1.29 is 24.9 Å². The van der Waals surface area contributed by atoms with Crippen molar-refractivity contribution in [3.8, 4) is 11.8 Å². The summed E-state index contributed by atoms with van der Waals surface area (Å²) in [4.78, 5) is 13.9. The zero-order chi connectivity index (χ0) is 37.3. The number of aliphatic hydroxyl groups excluding tert-OH is 2. The Hall–Kier alpha value is -2.39. The van der Waals surface area contributed by atoms with E-state index in [1.54, 1.807) is 10.8 Å². The molecule has 0 unspecified atom stereocenters. The number of hydrogen-bond donors (Lipinski definition) is 5. The molecule has 282 valence electrons. The fourth-order valence-corrected chi connectivity index (χ4v) is 10.9. The average Bonchev–Trinajstić information content (AvgIpc) is 3.46. The lowest BCUT2D eigenvalue weighted by molar-refractivity contribution is -0.168. The van der Waals surface area contributed by atoms with E-state index in [9.17, 15) is 20.1 Å². The molecule has 2 fully saturated rings. The summed E-state index contributed by atoms with van der Waals surface area (Å²) in [7, 11) is 3.66. The van der Waals surface area contributed by atoms with E-state index in [4.69, 9.17) is 16.2 Å². The number of aliphatic hydroxyl groups is 3. The van der Waals surface area contributed by atoms with Crippen LogP contribution < -0.4 is 11.5 Å². The van der Waals surface area contributed by atoms with Gasteiger partial charge >= 0.3 is 0 Å². The molecule has 7 N–H and O–H groups in total. The van der Waals surface area contributed by atoms with Crippen molar-refractivity contribution >= 4 is 27.4 Å². The van der Waals surface area contributed by atoms with Crippen molar-refractivity contribution in [1.29, 1.82) is 0 Å². The minimum atomic E-state index is -1.19. The number of carbonyl (C=O) groups is 1. The summed E-state index contributed by atoms with van der Waals surface area (Å²) in [5.41, 5.74) is 16.4. The highest BCUT2D eigenvalue weighted by molar-refractivity contribution is 8.76. The maximum absolute atomic E-state index is 13.9. The number of benzene rings is 1. The van der Waals surface area contributed by atoms with E-state index in [-0.39, 0.29) is 36.8 Å². The molecule has 2 saturated carbocycles. The van der Waals surface area contributed by atoms with E-state index in [0.29, 0.717) is 50.7 Å². The zero-order valence-electron chi connectivity index (χ0n) is 30.9. The molecule has 7 nitrogen and oxygen atoms in total. The molecule has 5 rings (SSSR count). The average molecular weight is 747 g/mol. The molecule has 52 heavy (non-hydrogen) atoms. The van der Waals surface area contributed by atoms with Crippen molar-refractivity contribution in [2.24, 2.45) is 28.7 Å². The van der Waals surface area contributed by atoms with Crippen LogP contribution >= 0.6 is 21.6 Å². The number of ketones is 1. The molecule has 1 aromatic carbocycles. The van der Waals surface area contributed by atoms with Gasteiger partial charge in [-0.05, 0) is 99.8 Å². The summed E-state index contributed by atoms with van der Waals surface area (Å²) >= 11 is 0. The fraction of sp³-hybridized carbons (Fsp3) is 0.558. The lowest BCUT2D eigenvalue weighted by Gasteiger charge is -2.55. The predicted molar refractivity (Wildman–Crippen MR) is 215 cm³/mol. The van der Waals surface area contributed by atoms with Crippen molar-refractivity contribution in [3.63, 3.8) is 0 Å². The monoisotopic (exact) mass is 746 g/mol. The summed E-state index contributed by atoms with van der Waals surface area (Å²) in [6, 6.07) is 7.52. The molecule has 0 aromatic heterocycles. The molecule has 0 saturated heterocycles. The number of fused-ring (bicyclic) bond motifs is 3. The summed E-state index contributed by atoms with van der Waals surface area (Å²) in [5.74, 6) is 8.03. The number of hydrogen-bond acceptors (Lipinski definition) is 9. The minimum absolute atomic E-state index is 0.000877. The Labute approximate surface area is 318 Å². The smallest absolute Gasteiger partial charge is 0.162 e. The number of allylic oxidation sites excluding steroid dienone is 8. The molecule has 2 aliphatic carbocycles. The van der Waals surface area contributed by atoms with Crippen LogP contribution in [0.1, 0.15) is 95.3 Å². The van der Waals surface area contributed by atoms with Crippen molar-refractivity contribution in [2.45, 2.75) is 108 Å². The first-order valence-electron chi connectivity index (χ1n) is 18.9. The molecule has 0 amide bonds. The van der Waals surface area contributed by atoms with Crippen LogP contribution in [-0.2, 0) is 16.0 Å². The van der Waals surface area contributed by atoms with E-state index >= 15 is 0 Å². The van der Waals surface area contributed by atoms with Gasteiger partial charge in [-0.1, -0.05) is 105 Å². The van der Waals surface area contributed by atoms with Gasteiger partial charge < -0.3 is 31.5 Å². The number of ether oxygens (including phenoxy) is 1. The zero-order valence-corrected chi connectivity index (χ0v) is 32.6. The SMILES string of the molecule is C=C1/C=C/C=C(\[C@H]2CC[C@@]3([C@H](CCCO)/C(=C(\C)C(=O)Cc4cccc(C(N)N)c4)CC[C@@]3(C)O)[C@@H]2O)CO[C@@H]2C#CC/C(=C\CC1)CCSSC2. The summed E-state index contributed by atoms with van der Waals surface area (Å²) in [6.07, 6.45) is 13.8. The minimum Gasteiger partial charge on any atom is -0.396 e. The van der Waals surface area contributed by atoms with E-state index in [2.05, 4.69) is 36.6 Å². The number of Topliss-reactive ketones (excluding diaryl/α,β-unsaturated/α-hetero) is 1. The molecule has 1 aromatic rings. The first kappa shape index (κ1) is 40.8. The molecule has 2 aliphatic heterocycles. The maximum atomic E-state index is 13.9. The third kappa shape index (κ3) is 9.64. The number of carbonyl (C=O) groups excluding carboxylic acids is 1. The largest absolute Gasteiger partial charge is 0.396 e. The van der Waals surface area contributed by atoms with Gasteiger partial charge in [0, 0.05) is 42.3 Å². The quantitative estimate of drug-likeness (QED) is 0.0623. The second-order valence-electron chi connectivity index (χ2n) is 15.2. The van der Waals surface area contributed by atoms with Gasteiger partial charge in [0.2, 0.25) is 0 Å². The fourth-order valence-electron chi connectivity index (χ4n) is 8.81. The standard InChI is InChI=1S/C43H58N2O5S2/c1-29-9-4-11-31-12-7-16-35(28-52-51-24-20-31)50-27-34(15-5-10-29)37-19-22-43(40(37)48)38(17-8-23-46)36(18-21-42(43,3)49)30(2)39(47)26-32-13-6-14-33(25-32)41(44)45/h5-6,10-11,13-15,25,35,37-38,40-41,46,48-49H,1,4,8-9,12,17-24,26-28,44-45H2,2-3H3/b10-5+,31-11+,34-15-,36-30+/t35-,37-,38-,40-,42-,43-/m1/s1. The van der Waals surface area contributed by atoms with Crippen LogP contribution in [-0.4, -0.2) is 63.6 Å². The molecule has 6 atom stereocenters. The molecular formula is C43H58N2O5S2. The van der Waals surface area contributed by atoms with Crippen molar-refractivity contribution in [2.75, 3.05) is 24.7 Å². The topological polar surface area (TPSA) is 139 Å². The van der Waals surface area contributed by atoms with Gasteiger partial charge in [-0.2, -0.15) is 0 Å². The molecular weight excluding hydrogens is 689 g/mol. The summed E-state index contributed by atoms with van der Waals surface area (Å²) < 4.78 is 6.54. The Morgan fingerprint density at radius 2 is 2.02 bits per heavy atom. The van der Waals surface area contributed by atoms with Gasteiger partial charge in [0.05, 0.1) is 24.5 Å². The number of nitrogens with two attached hydrogens (primary N) is 2. The van der Waals surface area contributed by atoms with Gasteiger partial charge in [0.15, 0.2) is 5.78 Å². The van der Waals surface area contributed by atoms with Crippen LogP contribution in [0.15, 0.2) is 83.0 Å². The third-order valence-corrected chi connectivity index (χ3v) is 14.2. The molecule has 2 bridgehead atoms. The van der Waals surface area contributed by atoms with Crippen molar-refractivity contribution in [3.05, 3.63) is 94.1 Å². The second-order valence-corrected chi connectivity index (χ2v) is 17.8. The Kier molecular flexibility index (Phi) is 14.7. The third-order valence-electron chi connectivity index (χ3n) is 11.8. The van der Waals surface area contributed by atoms with Gasteiger partial charge in [-0.15, -0.1) is 0 Å². The lowest BCUT2D eigenvalue weighted by Crippen LogP contribution is -2.59. The maximum Gasteiger partial charge on any atom is 0.162 e. The van der Waals surface area contributed by atoms with E-state index < -0.39 is 23.3 Å². The van der Waals surface area contributed by atoms with Gasteiger partial charge in [0.25, 0.3) is 0 Å². The Bertz CT molecular complexity index is 1630. The summed E-state index contributed by atoms with van der Waals surface area (Å²) in [5, 5.41) is 35.0. The first-order valence-corrected chi connectivity index (χ1v) is 21.4. The van der Waals surface area contributed by atoms with Crippen LogP contribution in [0, 0.1) is 29.1 Å². The van der Waals surface area contributed by atoms with Crippen LogP contribution in [0.3, 0.4) is 0 Å². The Morgan fingerprint density at radius 3 is 2.81 bits per heavy atom. The van der Waals surface area contributed by atoms with E-state index in [1.165, 1.54) is 5.57 Å². The molecule has 0 radical (unpaired) electrons. The molecule has 1 spiro atoms. The normalized spacial score (nSPS) is 34.0. The Balaban J connectivity index is 1.48. The van der Waals surface area contributed by atoms with Crippen LogP contribution in [0.4, 0.5) is 0 Å². The first-order chi connectivity index (χ1) is 25.0. The van der Waals surface area contributed by atoms with Crippen LogP contribution in [0.25, 0.3) is 0 Å². The highest BCUT2D eigenvalue weighted by atomic mass is 33.1. The molecule has 4 aliphatic rings. The highest BCUT2D eigenvalue weighted by Gasteiger charge is 2.64. The van der Waals surface area contributed by atoms with Gasteiger partial charge in [-0.3, -0.25) is 4.79 Å². The van der Waals surface area contributed by atoms with Crippen molar-refractivity contribution in [1.82, 2.24) is 0 Å². The van der Waals surface area contributed by atoms with Crippen LogP contribution in [0.5, 0.6) is 0 Å². The van der Waals surface area contributed by atoms with Gasteiger partial charge in [-0.25, -0.2) is 0 Å². The molecule has 9 heteroatoms. The van der Waals surface area contributed by atoms with Gasteiger partial charge in [0.1, 0.15) is 6.10 Å². The van der Waals surface area contributed by atoms with Crippen LogP contribution in [0.2, 0.25) is 0 Å². The van der Waals surface area contributed by atoms with E-state index in [0.717, 1.165) is 65.0 Å². The predicted octanol–water partition coefficient (Wildman–Crippen LogP) is 7.04. The number of rotatable bonds is 8. The molecule has 2 heterocycles.